The molecular weight excluding hydrogens is 1020 g/mol. The number of nitrogens with zero attached hydrogens (tertiary/aromatic N) is 1. The van der Waals surface area contributed by atoms with Crippen molar-refractivity contribution in [2.75, 3.05) is 47.5 Å². The van der Waals surface area contributed by atoms with Crippen molar-refractivity contribution in [2.24, 2.45) is 0 Å². The standard InChI is InChI=1S/C73H125NO8/c1-6-8-10-12-14-16-18-20-22-24-26-28-30-32-34-36-38-40-42-44-46-48-50-52-54-56-58-60-62-64-71(76)82-69(68-81-73(72(77)78)79-66-65-74(3,4)5)67-80-70(75)63-61-59-57-55-53-51-49-47-45-43-41-39-37-35-33-31-29-27-25-23-21-19-17-15-13-11-9-7-2/h8,10,14,16,20,22,26,28,32,34,38,40,44,46,50,52,56,58,69,73H,6-7,9,11-13,15,17-19,21,23-25,27,29-31,33,35-37,39,41-43,45,47-49,51,53-55,57,59-68H2,1-5H3/p+1/b10-8-,16-14-,22-20-,28-26-,34-32-,40-38-,46-44-,52-50-,58-56-. The molecule has 2 atom stereocenters. The fourth-order valence-electron chi connectivity index (χ4n) is 9.19. The van der Waals surface area contributed by atoms with Crippen LogP contribution in [0.25, 0.3) is 0 Å². The molecule has 0 heterocycles. The highest BCUT2D eigenvalue weighted by molar-refractivity contribution is 5.71. The van der Waals surface area contributed by atoms with Crippen LogP contribution in [0.2, 0.25) is 0 Å². The van der Waals surface area contributed by atoms with Gasteiger partial charge in [-0.2, -0.15) is 0 Å². The Balaban J connectivity index is 4.26. The summed E-state index contributed by atoms with van der Waals surface area (Å²) in [5.74, 6) is -2.09. The number of allylic oxidation sites excluding steroid dienone is 18. The van der Waals surface area contributed by atoms with Gasteiger partial charge in [0.05, 0.1) is 34.4 Å². The van der Waals surface area contributed by atoms with Gasteiger partial charge in [0.2, 0.25) is 0 Å². The molecule has 0 aromatic heterocycles. The van der Waals surface area contributed by atoms with Gasteiger partial charge < -0.3 is 28.5 Å². The van der Waals surface area contributed by atoms with Crippen LogP contribution in [0.3, 0.4) is 0 Å². The van der Waals surface area contributed by atoms with E-state index >= 15 is 0 Å². The Labute approximate surface area is 505 Å². The summed E-state index contributed by atoms with van der Waals surface area (Å²) < 4.78 is 22.9. The molecule has 0 saturated heterocycles. The fraction of sp³-hybridized carbons (Fsp3) is 0.712. The quantitative estimate of drug-likeness (QED) is 0.0211. The number of carbonyl (C=O) groups is 3. The van der Waals surface area contributed by atoms with E-state index in [4.69, 9.17) is 18.9 Å². The summed E-state index contributed by atoms with van der Waals surface area (Å²) in [4.78, 5) is 37.5. The van der Waals surface area contributed by atoms with Gasteiger partial charge in [-0.3, -0.25) is 9.59 Å². The van der Waals surface area contributed by atoms with Gasteiger partial charge >= 0.3 is 17.9 Å². The Bertz CT molecular complexity index is 1710. The van der Waals surface area contributed by atoms with E-state index in [0.29, 0.717) is 23.9 Å². The second-order valence-electron chi connectivity index (χ2n) is 23.4. The molecule has 0 aliphatic carbocycles. The van der Waals surface area contributed by atoms with Crippen LogP contribution in [-0.2, 0) is 33.3 Å². The molecule has 9 nitrogen and oxygen atoms in total. The monoisotopic (exact) mass is 1140 g/mol. The van der Waals surface area contributed by atoms with Gasteiger partial charge in [0.1, 0.15) is 13.2 Å². The molecule has 2 unspecified atom stereocenters. The highest BCUT2D eigenvalue weighted by atomic mass is 16.7. The maximum Gasteiger partial charge on any atom is 0.361 e. The molecule has 0 aromatic rings. The third-order valence-electron chi connectivity index (χ3n) is 14.3. The van der Waals surface area contributed by atoms with Crippen LogP contribution in [0.1, 0.15) is 277 Å². The lowest BCUT2D eigenvalue weighted by Gasteiger charge is -2.25. The van der Waals surface area contributed by atoms with E-state index in [-0.39, 0.29) is 38.6 Å². The third-order valence-corrected chi connectivity index (χ3v) is 14.3. The first-order valence-corrected chi connectivity index (χ1v) is 33.6. The predicted molar refractivity (Wildman–Crippen MR) is 350 cm³/mol. The number of likely N-dealkylation sites (N-methyl/N-ethyl adjacent to an activating group) is 1. The lowest BCUT2D eigenvalue weighted by molar-refractivity contribution is -0.870. The zero-order valence-electron chi connectivity index (χ0n) is 53.6. The molecule has 0 radical (unpaired) electrons. The van der Waals surface area contributed by atoms with E-state index in [1.54, 1.807) is 0 Å². The Morgan fingerprint density at radius 3 is 1.02 bits per heavy atom. The molecule has 0 saturated carbocycles. The second kappa shape index (κ2) is 63.0. The van der Waals surface area contributed by atoms with Crippen LogP contribution < -0.4 is 0 Å². The normalized spacial score (nSPS) is 13.4. The molecule has 0 bridgehead atoms. The molecule has 0 fully saturated rings. The van der Waals surface area contributed by atoms with Crippen LogP contribution >= 0.6 is 0 Å². The van der Waals surface area contributed by atoms with Crippen LogP contribution in [0.5, 0.6) is 0 Å². The SMILES string of the molecule is CC/C=C\C/C=C\C/C=C\C/C=C\C/C=C\C/C=C\C/C=C\C/C=C\C/C=C\CCCC(=O)OC(COC(=O)CCCCCCCCCCCCCCCCCCCCCCCCCCCCCC)COC(OCC[N+](C)(C)C)C(=O)O. The number of esters is 2. The molecule has 470 valence electrons. The molecule has 0 aliphatic rings. The van der Waals surface area contributed by atoms with Crippen molar-refractivity contribution in [3.05, 3.63) is 109 Å². The lowest BCUT2D eigenvalue weighted by atomic mass is 10.0. The Morgan fingerprint density at radius 2 is 0.695 bits per heavy atom. The number of ether oxygens (including phenoxy) is 4. The fourth-order valence-corrected chi connectivity index (χ4v) is 9.19. The van der Waals surface area contributed by atoms with E-state index in [1.165, 1.54) is 161 Å². The number of carbonyl (C=O) groups excluding carboxylic acids is 2. The van der Waals surface area contributed by atoms with E-state index in [9.17, 15) is 19.5 Å². The molecule has 0 aliphatic heterocycles. The number of hydrogen-bond acceptors (Lipinski definition) is 7. The first-order chi connectivity index (χ1) is 40.1. The number of carboxylic acid groups (broad SMARTS) is 1. The van der Waals surface area contributed by atoms with Crippen molar-refractivity contribution in [2.45, 2.75) is 289 Å². The second-order valence-corrected chi connectivity index (χ2v) is 23.4. The summed E-state index contributed by atoms with van der Waals surface area (Å²) >= 11 is 0. The van der Waals surface area contributed by atoms with Crippen molar-refractivity contribution in [1.29, 1.82) is 0 Å². The number of hydrogen-bond donors (Lipinski definition) is 1. The van der Waals surface area contributed by atoms with E-state index in [1.807, 2.05) is 21.1 Å². The van der Waals surface area contributed by atoms with Crippen LogP contribution in [0.15, 0.2) is 109 Å². The number of unbranched alkanes of at least 4 members (excludes halogenated alkanes) is 28. The summed E-state index contributed by atoms with van der Waals surface area (Å²) in [6, 6.07) is 0. The lowest BCUT2D eigenvalue weighted by Crippen LogP contribution is -2.40. The highest BCUT2D eigenvalue weighted by Gasteiger charge is 2.25. The average molecular weight is 1150 g/mol. The molecule has 0 aromatic carbocycles. The van der Waals surface area contributed by atoms with Gasteiger partial charge in [0.15, 0.2) is 6.10 Å². The minimum absolute atomic E-state index is 0.172. The Morgan fingerprint density at radius 1 is 0.378 bits per heavy atom. The molecular formula is C73H126NO8+. The van der Waals surface area contributed by atoms with Crippen LogP contribution in [0, 0.1) is 0 Å². The molecule has 82 heavy (non-hydrogen) atoms. The first-order valence-electron chi connectivity index (χ1n) is 33.6. The number of aliphatic carboxylic acids is 1. The molecule has 0 spiro atoms. The van der Waals surface area contributed by atoms with Crippen molar-refractivity contribution in [3.8, 4) is 0 Å². The number of carboxylic acids is 1. The van der Waals surface area contributed by atoms with Gasteiger partial charge in [0, 0.05) is 12.8 Å². The number of quaternary nitrogens is 1. The zero-order valence-corrected chi connectivity index (χ0v) is 53.6. The summed E-state index contributed by atoms with van der Waals surface area (Å²) in [7, 11) is 5.95. The van der Waals surface area contributed by atoms with Crippen molar-refractivity contribution in [3.63, 3.8) is 0 Å². The summed E-state index contributed by atoms with van der Waals surface area (Å²) in [5.41, 5.74) is 0. The predicted octanol–water partition coefficient (Wildman–Crippen LogP) is 20.6. The van der Waals surface area contributed by atoms with Gasteiger partial charge in [-0.1, -0.05) is 297 Å². The van der Waals surface area contributed by atoms with Crippen molar-refractivity contribution >= 4 is 17.9 Å². The minimum Gasteiger partial charge on any atom is -0.477 e. The maximum atomic E-state index is 12.9. The van der Waals surface area contributed by atoms with Gasteiger partial charge in [-0.05, 0) is 77.0 Å². The van der Waals surface area contributed by atoms with E-state index in [2.05, 4.69) is 123 Å². The van der Waals surface area contributed by atoms with Gasteiger partial charge in [-0.25, -0.2) is 4.79 Å². The van der Waals surface area contributed by atoms with Crippen molar-refractivity contribution < 1.29 is 42.9 Å². The zero-order chi connectivity index (χ0) is 59.8. The topological polar surface area (TPSA) is 108 Å². The maximum absolute atomic E-state index is 12.9. The van der Waals surface area contributed by atoms with E-state index in [0.717, 1.165) is 77.0 Å². The Hall–Kier alpha value is -4.05. The molecule has 0 amide bonds. The van der Waals surface area contributed by atoms with Crippen LogP contribution in [0.4, 0.5) is 0 Å². The summed E-state index contributed by atoms with van der Waals surface area (Å²) in [5, 5.41) is 9.73. The number of rotatable bonds is 61. The van der Waals surface area contributed by atoms with E-state index < -0.39 is 24.3 Å². The Kier molecular flexibility index (Phi) is 59.9. The molecule has 1 N–H and O–H groups in total. The molecule has 9 heteroatoms. The van der Waals surface area contributed by atoms with Gasteiger partial charge in [-0.15, -0.1) is 0 Å². The highest BCUT2D eigenvalue weighted by Crippen LogP contribution is 2.17. The first kappa shape index (κ1) is 78.0. The average Bonchev–Trinajstić information content (AvgIpc) is 3.47. The van der Waals surface area contributed by atoms with Gasteiger partial charge in [0.25, 0.3) is 6.29 Å². The third kappa shape index (κ3) is 63.5. The molecule has 0 rings (SSSR count). The summed E-state index contributed by atoms with van der Waals surface area (Å²) in [6.45, 7) is 4.72. The van der Waals surface area contributed by atoms with Crippen molar-refractivity contribution in [1.82, 2.24) is 0 Å². The summed E-state index contributed by atoms with van der Waals surface area (Å²) in [6.07, 6.45) is 84.9. The van der Waals surface area contributed by atoms with Crippen LogP contribution in [-0.4, -0.2) is 87.4 Å². The largest absolute Gasteiger partial charge is 0.477 e. The minimum atomic E-state index is -1.53. The smallest absolute Gasteiger partial charge is 0.361 e.